The highest BCUT2D eigenvalue weighted by atomic mass is 16.5. The number of benzene rings is 1. The maximum atomic E-state index is 11.9. The summed E-state index contributed by atoms with van der Waals surface area (Å²) in [7, 11) is 1.68. The highest BCUT2D eigenvalue weighted by molar-refractivity contribution is 5.92. The molecule has 126 valence electrons. The van der Waals surface area contributed by atoms with E-state index in [0.717, 1.165) is 55.0 Å². The molecule has 5 heteroatoms. The van der Waals surface area contributed by atoms with Crippen molar-refractivity contribution in [3.8, 4) is 5.75 Å². The van der Waals surface area contributed by atoms with E-state index in [1.165, 1.54) is 0 Å². The molecule has 2 N–H and O–H groups in total. The van der Waals surface area contributed by atoms with Crippen molar-refractivity contribution < 1.29 is 9.53 Å². The van der Waals surface area contributed by atoms with E-state index < -0.39 is 0 Å². The van der Waals surface area contributed by atoms with Crippen molar-refractivity contribution in [3.05, 3.63) is 48.2 Å². The van der Waals surface area contributed by atoms with Crippen LogP contribution in [0.25, 0.3) is 0 Å². The second kappa shape index (κ2) is 7.81. The van der Waals surface area contributed by atoms with Crippen molar-refractivity contribution in [2.24, 2.45) is 5.92 Å². The molecule has 0 bridgehead atoms. The summed E-state index contributed by atoms with van der Waals surface area (Å²) in [5.41, 5.74) is 1.92. The van der Waals surface area contributed by atoms with Gasteiger partial charge in [0, 0.05) is 12.5 Å². The lowest BCUT2D eigenvalue weighted by atomic mass is 9.85. The van der Waals surface area contributed by atoms with Crippen LogP contribution in [0.3, 0.4) is 0 Å². The average molecular weight is 325 g/mol. The van der Waals surface area contributed by atoms with E-state index in [-0.39, 0.29) is 11.8 Å². The maximum absolute atomic E-state index is 11.9. The van der Waals surface area contributed by atoms with Crippen molar-refractivity contribution in [1.29, 1.82) is 0 Å². The molecule has 0 atom stereocenters. The van der Waals surface area contributed by atoms with Gasteiger partial charge in [0.1, 0.15) is 11.6 Å². The van der Waals surface area contributed by atoms with Crippen molar-refractivity contribution in [2.75, 3.05) is 24.3 Å². The third-order valence-electron chi connectivity index (χ3n) is 4.40. The molecule has 1 aromatic heterocycles. The first-order chi connectivity index (χ1) is 11.8. The van der Waals surface area contributed by atoms with E-state index in [1.807, 2.05) is 30.3 Å². The average Bonchev–Trinajstić information content (AvgIpc) is 2.55. The number of methoxy groups -OCH3 is 1. The summed E-state index contributed by atoms with van der Waals surface area (Å²) in [5, 5.41) is 6.21. The van der Waals surface area contributed by atoms with Gasteiger partial charge in [-0.3, -0.25) is 4.79 Å². The van der Waals surface area contributed by atoms with Gasteiger partial charge in [-0.05, 0) is 43.0 Å². The van der Waals surface area contributed by atoms with Gasteiger partial charge in [0.05, 0.1) is 19.0 Å². The van der Waals surface area contributed by atoms with E-state index in [2.05, 4.69) is 21.7 Å². The first kappa shape index (κ1) is 16.3. The van der Waals surface area contributed by atoms with Crippen LogP contribution in [-0.2, 0) is 11.2 Å². The van der Waals surface area contributed by atoms with Crippen LogP contribution >= 0.6 is 0 Å². The number of nitrogens with zero attached hydrogens (tertiary/aromatic N) is 1. The van der Waals surface area contributed by atoms with E-state index in [9.17, 15) is 4.79 Å². The Kier molecular flexibility index (Phi) is 5.31. The quantitative estimate of drug-likeness (QED) is 0.818. The smallest absolute Gasteiger partial charge is 0.227 e. The Morgan fingerprint density at radius 2 is 2.08 bits per heavy atom. The summed E-state index contributed by atoms with van der Waals surface area (Å²) in [6.07, 6.45) is 5.71. The second-order valence-corrected chi connectivity index (χ2v) is 6.04. The molecule has 0 aliphatic heterocycles. The molecule has 1 aromatic carbocycles. The lowest BCUT2D eigenvalue weighted by molar-refractivity contribution is -0.122. The fourth-order valence-electron chi connectivity index (χ4n) is 2.72. The molecular weight excluding hydrogens is 302 g/mol. The Hall–Kier alpha value is -2.56. The van der Waals surface area contributed by atoms with Crippen LogP contribution in [-0.4, -0.2) is 24.5 Å². The van der Waals surface area contributed by atoms with Crippen molar-refractivity contribution >= 4 is 17.4 Å². The molecule has 1 aliphatic carbocycles. The number of carbonyl (C=O) groups is 1. The third-order valence-corrected chi connectivity index (χ3v) is 4.40. The van der Waals surface area contributed by atoms with Gasteiger partial charge < -0.3 is 15.4 Å². The highest BCUT2D eigenvalue weighted by Crippen LogP contribution is 2.27. The number of hydrogen-bond donors (Lipinski definition) is 2. The Balaban J connectivity index is 1.48. The molecule has 5 nitrogen and oxygen atoms in total. The minimum Gasteiger partial charge on any atom is -0.496 e. The summed E-state index contributed by atoms with van der Waals surface area (Å²) < 4.78 is 5.35. The molecule has 3 rings (SSSR count). The number of rotatable bonds is 7. The summed E-state index contributed by atoms with van der Waals surface area (Å²) in [5.74, 6) is 2.00. The largest absolute Gasteiger partial charge is 0.496 e. The molecule has 1 aliphatic rings. The predicted octanol–water partition coefficient (Wildman–Crippen LogP) is 3.48. The number of para-hydroxylation sites is 1. The zero-order valence-electron chi connectivity index (χ0n) is 13.9. The molecule has 0 radical (unpaired) electrons. The van der Waals surface area contributed by atoms with Crippen LogP contribution in [0.5, 0.6) is 5.75 Å². The molecule has 1 amide bonds. The molecule has 0 spiro atoms. The summed E-state index contributed by atoms with van der Waals surface area (Å²) in [6.45, 7) is 0.765. The van der Waals surface area contributed by atoms with Gasteiger partial charge in [-0.1, -0.05) is 24.6 Å². The van der Waals surface area contributed by atoms with E-state index in [0.29, 0.717) is 0 Å². The number of amides is 1. The fourth-order valence-corrected chi connectivity index (χ4v) is 2.72. The summed E-state index contributed by atoms with van der Waals surface area (Å²) >= 11 is 0. The van der Waals surface area contributed by atoms with Crippen molar-refractivity contribution in [1.82, 2.24) is 4.98 Å². The van der Waals surface area contributed by atoms with Crippen molar-refractivity contribution in [2.45, 2.75) is 25.7 Å². The number of pyridine rings is 1. The minimum absolute atomic E-state index is 0.111. The Bertz CT molecular complexity index is 681. The van der Waals surface area contributed by atoms with Gasteiger partial charge in [-0.2, -0.15) is 0 Å². The number of anilines is 2. The van der Waals surface area contributed by atoms with E-state index in [4.69, 9.17) is 4.74 Å². The van der Waals surface area contributed by atoms with Crippen LogP contribution in [0.15, 0.2) is 42.6 Å². The second-order valence-electron chi connectivity index (χ2n) is 6.04. The topological polar surface area (TPSA) is 63.2 Å². The molecular formula is C19H23N3O2. The molecule has 2 aromatic rings. The molecule has 0 unspecified atom stereocenters. The number of hydrogen-bond acceptors (Lipinski definition) is 4. The molecule has 1 saturated carbocycles. The molecule has 1 heterocycles. The molecule has 0 saturated heterocycles. The first-order valence-corrected chi connectivity index (χ1v) is 8.39. The SMILES string of the molecule is COc1ccccc1CCNc1ccc(NC(=O)C2CCC2)cn1. The number of nitrogens with one attached hydrogen (secondary N) is 2. The highest BCUT2D eigenvalue weighted by Gasteiger charge is 2.25. The maximum Gasteiger partial charge on any atom is 0.227 e. The van der Waals surface area contributed by atoms with Crippen molar-refractivity contribution in [3.63, 3.8) is 0 Å². The van der Waals surface area contributed by atoms with Gasteiger partial charge in [-0.15, -0.1) is 0 Å². The summed E-state index contributed by atoms with van der Waals surface area (Å²) in [6, 6.07) is 11.8. The van der Waals surface area contributed by atoms with Gasteiger partial charge in [0.25, 0.3) is 0 Å². The zero-order chi connectivity index (χ0) is 16.8. The lowest BCUT2D eigenvalue weighted by Crippen LogP contribution is -2.28. The normalized spacial score (nSPS) is 13.9. The standard InChI is InChI=1S/C19H23N3O2/c1-24-17-8-3-2-5-14(17)11-12-20-18-10-9-16(13-21-18)22-19(23)15-6-4-7-15/h2-3,5,8-10,13,15H,4,6-7,11-12H2,1H3,(H,20,21)(H,22,23). The lowest BCUT2D eigenvalue weighted by Gasteiger charge is -2.23. The predicted molar refractivity (Wildman–Crippen MR) is 95.4 cm³/mol. The molecule has 24 heavy (non-hydrogen) atoms. The fraction of sp³-hybridized carbons (Fsp3) is 0.368. The van der Waals surface area contributed by atoms with Crippen LogP contribution < -0.4 is 15.4 Å². The number of carbonyl (C=O) groups excluding carboxylic acids is 1. The number of aromatic nitrogens is 1. The van der Waals surface area contributed by atoms with Gasteiger partial charge in [0.15, 0.2) is 0 Å². The Morgan fingerprint density at radius 3 is 2.75 bits per heavy atom. The zero-order valence-corrected chi connectivity index (χ0v) is 13.9. The van der Waals surface area contributed by atoms with Gasteiger partial charge >= 0.3 is 0 Å². The minimum atomic E-state index is 0.111. The van der Waals surface area contributed by atoms with Crippen LogP contribution in [0.1, 0.15) is 24.8 Å². The van der Waals surface area contributed by atoms with Gasteiger partial charge in [-0.25, -0.2) is 4.98 Å². The first-order valence-electron chi connectivity index (χ1n) is 8.39. The monoisotopic (exact) mass is 325 g/mol. The third kappa shape index (κ3) is 4.04. The Morgan fingerprint density at radius 1 is 1.25 bits per heavy atom. The molecule has 1 fully saturated rings. The number of ether oxygens (including phenoxy) is 1. The van der Waals surface area contributed by atoms with Crippen LogP contribution in [0, 0.1) is 5.92 Å². The van der Waals surface area contributed by atoms with E-state index in [1.54, 1.807) is 13.3 Å². The van der Waals surface area contributed by atoms with Crippen LogP contribution in [0.4, 0.5) is 11.5 Å². The summed E-state index contributed by atoms with van der Waals surface area (Å²) in [4.78, 5) is 16.3. The van der Waals surface area contributed by atoms with Crippen LogP contribution in [0.2, 0.25) is 0 Å². The van der Waals surface area contributed by atoms with Gasteiger partial charge in [0.2, 0.25) is 5.91 Å². The Labute approximate surface area is 142 Å². The van der Waals surface area contributed by atoms with E-state index >= 15 is 0 Å².